The average Bonchev–Trinajstić information content (AvgIpc) is 2.83. The number of rotatable bonds is 13. The largest absolute Gasteiger partial charge is 0.497 e. The summed E-state index contributed by atoms with van der Waals surface area (Å²) in [4.78, 5) is 27.6. The van der Waals surface area contributed by atoms with Crippen molar-refractivity contribution >= 4 is 50.7 Å². The minimum Gasteiger partial charge on any atom is -0.497 e. The van der Waals surface area contributed by atoms with Crippen LogP contribution in [0.5, 0.6) is 5.75 Å². The molecule has 0 aliphatic carbocycles. The predicted octanol–water partition coefficient (Wildman–Crippen LogP) is 4.74. The molecule has 204 valence electrons. The quantitative estimate of drug-likeness (QED) is 0.374. The van der Waals surface area contributed by atoms with Crippen LogP contribution < -0.4 is 14.4 Å². The number of nitrogens with one attached hydrogen (secondary N) is 1. The Hall–Kier alpha value is -2.49. The van der Waals surface area contributed by atoms with Gasteiger partial charge in [0.2, 0.25) is 21.8 Å². The number of carbonyl (C=O) groups is 2. The molecule has 0 fully saturated rings. The Labute approximate surface area is 229 Å². The first-order valence-electron chi connectivity index (χ1n) is 12.0. The van der Waals surface area contributed by atoms with Crippen molar-refractivity contribution in [2.24, 2.45) is 5.92 Å². The normalized spacial score (nSPS) is 12.2. The number of amides is 2. The van der Waals surface area contributed by atoms with Gasteiger partial charge in [0, 0.05) is 42.2 Å². The molecule has 0 heterocycles. The molecule has 1 N–H and O–H groups in total. The summed E-state index contributed by atoms with van der Waals surface area (Å²) in [5, 5.41) is 3.72. The molecule has 0 aliphatic heterocycles. The van der Waals surface area contributed by atoms with Crippen LogP contribution in [0.1, 0.15) is 39.2 Å². The van der Waals surface area contributed by atoms with Crippen LogP contribution >= 0.6 is 23.2 Å². The van der Waals surface area contributed by atoms with Gasteiger partial charge >= 0.3 is 0 Å². The van der Waals surface area contributed by atoms with E-state index in [1.807, 2.05) is 13.8 Å². The highest BCUT2D eigenvalue weighted by Crippen LogP contribution is 2.25. The fraction of sp³-hybridized carbons (Fsp3) is 0.462. The van der Waals surface area contributed by atoms with Crippen LogP contribution in [0.3, 0.4) is 0 Å². The summed E-state index contributed by atoms with van der Waals surface area (Å²) in [6.45, 7) is 6.31. The van der Waals surface area contributed by atoms with Crippen molar-refractivity contribution in [3.63, 3.8) is 0 Å². The van der Waals surface area contributed by atoms with E-state index in [1.165, 1.54) is 16.3 Å². The van der Waals surface area contributed by atoms with E-state index in [-0.39, 0.29) is 43.7 Å². The second-order valence-electron chi connectivity index (χ2n) is 9.21. The van der Waals surface area contributed by atoms with E-state index in [4.69, 9.17) is 27.9 Å². The van der Waals surface area contributed by atoms with Crippen molar-refractivity contribution < 1.29 is 22.7 Å². The van der Waals surface area contributed by atoms with Crippen LogP contribution in [-0.4, -0.2) is 57.6 Å². The lowest BCUT2D eigenvalue weighted by atomic mass is 10.1. The number of benzene rings is 2. The summed E-state index contributed by atoms with van der Waals surface area (Å²) >= 11 is 12.4. The Balaban J connectivity index is 2.21. The molecule has 2 amide bonds. The minimum atomic E-state index is -3.61. The molecule has 37 heavy (non-hydrogen) atoms. The summed E-state index contributed by atoms with van der Waals surface area (Å²) in [5.74, 6) is 0.206. The van der Waals surface area contributed by atoms with Gasteiger partial charge in [0.05, 0.1) is 19.1 Å². The zero-order chi connectivity index (χ0) is 27.8. The Morgan fingerprint density at radius 2 is 1.78 bits per heavy atom. The molecule has 0 spiro atoms. The van der Waals surface area contributed by atoms with Crippen molar-refractivity contribution in [2.45, 2.75) is 46.2 Å². The lowest BCUT2D eigenvalue weighted by Crippen LogP contribution is -2.48. The monoisotopic (exact) mass is 571 g/mol. The summed E-state index contributed by atoms with van der Waals surface area (Å²) in [5.41, 5.74) is 1.10. The van der Waals surface area contributed by atoms with Crippen molar-refractivity contribution in [1.82, 2.24) is 10.2 Å². The average molecular weight is 573 g/mol. The summed E-state index contributed by atoms with van der Waals surface area (Å²) in [7, 11) is -2.10. The highest BCUT2D eigenvalue weighted by Gasteiger charge is 2.27. The second kappa shape index (κ2) is 13.9. The van der Waals surface area contributed by atoms with E-state index < -0.39 is 16.1 Å². The standard InChI is InChI=1S/C26H35Cl2N3O5S/c1-18(2)16-29-26(33)19(3)30(17-20-11-12-21(27)14-24(20)28)25(32)10-7-13-31(37(5,34)35)22-8-6-9-23(15-22)36-4/h6,8-9,11-12,14-15,18-19H,7,10,13,16-17H2,1-5H3,(H,29,33)/t19-/m0/s1. The number of carbonyl (C=O) groups excluding carboxylic acids is 2. The van der Waals surface area contributed by atoms with Crippen LogP contribution in [0.15, 0.2) is 42.5 Å². The van der Waals surface area contributed by atoms with Gasteiger partial charge in [-0.25, -0.2) is 8.42 Å². The predicted molar refractivity (Wildman–Crippen MR) is 149 cm³/mol. The molecular formula is C26H35Cl2N3O5S. The van der Waals surface area contributed by atoms with E-state index >= 15 is 0 Å². The molecule has 11 heteroatoms. The van der Waals surface area contributed by atoms with Gasteiger partial charge < -0.3 is 15.0 Å². The van der Waals surface area contributed by atoms with Crippen molar-refractivity contribution in [3.8, 4) is 5.75 Å². The SMILES string of the molecule is COc1cccc(N(CCCC(=O)N(Cc2ccc(Cl)cc2Cl)[C@@H](C)C(=O)NCC(C)C)S(C)(=O)=O)c1. The third-order valence-corrected chi connectivity index (χ3v) is 7.48. The molecule has 0 saturated heterocycles. The number of hydrogen-bond acceptors (Lipinski definition) is 5. The van der Waals surface area contributed by atoms with E-state index in [0.717, 1.165) is 6.26 Å². The summed E-state index contributed by atoms with van der Waals surface area (Å²) in [6, 6.07) is 10.9. The zero-order valence-corrected chi connectivity index (χ0v) is 24.2. The van der Waals surface area contributed by atoms with Crippen molar-refractivity contribution in [3.05, 3.63) is 58.1 Å². The first kappa shape index (κ1) is 30.7. The number of nitrogens with zero attached hydrogens (tertiary/aromatic N) is 2. The number of sulfonamides is 1. The van der Waals surface area contributed by atoms with Gasteiger partial charge in [0.25, 0.3) is 0 Å². The maximum atomic E-state index is 13.4. The minimum absolute atomic E-state index is 0.0308. The van der Waals surface area contributed by atoms with Crippen LogP contribution in [0.4, 0.5) is 5.69 Å². The molecule has 0 unspecified atom stereocenters. The summed E-state index contributed by atoms with van der Waals surface area (Å²) in [6.07, 6.45) is 1.39. The fourth-order valence-electron chi connectivity index (χ4n) is 3.64. The van der Waals surface area contributed by atoms with Gasteiger partial charge in [-0.15, -0.1) is 0 Å². The van der Waals surface area contributed by atoms with Gasteiger partial charge in [0.1, 0.15) is 11.8 Å². The zero-order valence-electron chi connectivity index (χ0n) is 21.8. The molecule has 0 bridgehead atoms. The molecule has 0 aromatic heterocycles. The maximum Gasteiger partial charge on any atom is 0.242 e. The molecule has 2 rings (SSSR count). The molecule has 0 aliphatic rings. The van der Waals surface area contributed by atoms with Crippen LogP contribution in [0.25, 0.3) is 0 Å². The third kappa shape index (κ3) is 9.39. The molecule has 0 saturated carbocycles. The van der Waals surface area contributed by atoms with Crippen LogP contribution in [0, 0.1) is 5.92 Å². The van der Waals surface area contributed by atoms with Crippen LogP contribution in [-0.2, 0) is 26.2 Å². The lowest BCUT2D eigenvalue weighted by Gasteiger charge is -2.30. The fourth-order valence-corrected chi connectivity index (χ4v) is 5.06. The molecule has 2 aromatic carbocycles. The van der Waals surface area contributed by atoms with E-state index in [2.05, 4.69) is 5.32 Å². The number of methoxy groups -OCH3 is 1. The number of hydrogen-bond donors (Lipinski definition) is 1. The Bertz CT molecular complexity index is 1190. The van der Waals surface area contributed by atoms with Crippen molar-refractivity contribution in [1.29, 1.82) is 0 Å². The Morgan fingerprint density at radius 3 is 2.38 bits per heavy atom. The number of anilines is 1. The van der Waals surface area contributed by atoms with E-state index in [9.17, 15) is 18.0 Å². The number of ether oxygens (including phenoxy) is 1. The summed E-state index contributed by atoms with van der Waals surface area (Å²) < 4.78 is 31.4. The first-order valence-corrected chi connectivity index (χ1v) is 14.6. The Morgan fingerprint density at radius 1 is 1.08 bits per heavy atom. The van der Waals surface area contributed by atoms with Gasteiger partial charge in [0.15, 0.2) is 0 Å². The smallest absolute Gasteiger partial charge is 0.242 e. The van der Waals surface area contributed by atoms with Crippen molar-refractivity contribution in [2.75, 3.05) is 30.8 Å². The van der Waals surface area contributed by atoms with Gasteiger partial charge in [-0.3, -0.25) is 13.9 Å². The molecule has 0 radical (unpaired) electrons. The first-order chi connectivity index (χ1) is 17.3. The highest BCUT2D eigenvalue weighted by molar-refractivity contribution is 7.92. The highest BCUT2D eigenvalue weighted by atomic mass is 35.5. The Kier molecular flexibility index (Phi) is 11.5. The maximum absolute atomic E-state index is 13.4. The lowest BCUT2D eigenvalue weighted by molar-refractivity contribution is -0.140. The van der Waals surface area contributed by atoms with Gasteiger partial charge in [-0.1, -0.05) is 49.2 Å². The molecule has 8 nitrogen and oxygen atoms in total. The molecule has 1 atom stereocenters. The van der Waals surface area contributed by atoms with Crippen LogP contribution in [0.2, 0.25) is 10.0 Å². The second-order valence-corrected chi connectivity index (χ2v) is 12.0. The van der Waals surface area contributed by atoms with E-state index in [0.29, 0.717) is 33.6 Å². The van der Waals surface area contributed by atoms with Gasteiger partial charge in [-0.2, -0.15) is 0 Å². The molecule has 2 aromatic rings. The molecular weight excluding hydrogens is 537 g/mol. The third-order valence-electron chi connectivity index (χ3n) is 5.70. The van der Waals surface area contributed by atoms with Gasteiger partial charge in [-0.05, 0) is 49.1 Å². The topological polar surface area (TPSA) is 96.0 Å². The van der Waals surface area contributed by atoms with E-state index in [1.54, 1.807) is 49.4 Å². The number of halogens is 2.